The van der Waals surface area contributed by atoms with Gasteiger partial charge in [0.25, 0.3) is 11.5 Å². The minimum absolute atomic E-state index is 0.00756. The molecule has 0 radical (unpaired) electrons. The van der Waals surface area contributed by atoms with Crippen LogP contribution in [0.25, 0.3) is 16.7 Å². The molecule has 0 aliphatic heterocycles. The number of rotatable bonds is 7. The number of nitrogens with zero attached hydrogens (tertiary/aromatic N) is 4. The van der Waals surface area contributed by atoms with Crippen molar-refractivity contribution in [3.8, 4) is 0 Å². The number of carbonyl (C=O) groups excluding carboxylic acids is 2. The first-order valence-corrected chi connectivity index (χ1v) is 11.0. The molecule has 0 aliphatic rings. The molecule has 0 spiro atoms. The van der Waals surface area contributed by atoms with Gasteiger partial charge in [0.05, 0.1) is 23.2 Å². The average Bonchev–Trinajstić information content (AvgIpc) is 3.19. The van der Waals surface area contributed by atoms with Crippen LogP contribution in [-0.2, 0) is 11.3 Å². The van der Waals surface area contributed by atoms with Crippen molar-refractivity contribution in [3.63, 3.8) is 0 Å². The van der Waals surface area contributed by atoms with Gasteiger partial charge < -0.3 is 11.1 Å². The second kappa shape index (κ2) is 8.83. The van der Waals surface area contributed by atoms with Gasteiger partial charge in [-0.05, 0) is 37.6 Å². The summed E-state index contributed by atoms with van der Waals surface area (Å²) in [4.78, 5) is 37.3. The molecule has 3 N–H and O–H groups in total. The van der Waals surface area contributed by atoms with Gasteiger partial charge in [0.1, 0.15) is 0 Å². The Morgan fingerprint density at radius 3 is 2.56 bits per heavy atom. The van der Waals surface area contributed by atoms with Crippen molar-refractivity contribution in [2.24, 2.45) is 5.73 Å². The molecule has 4 aromatic rings. The Bertz CT molecular complexity index is 1380. The fourth-order valence-corrected chi connectivity index (χ4v) is 4.09. The lowest BCUT2D eigenvalue weighted by atomic mass is 10.1. The van der Waals surface area contributed by atoms with Crippen LogP contribution in [0.5, 0.6) is 0 Å². The van der Waals surface area contributed by atoms with E-state index in [0.717, 1.165) is 17.3 Å². The molecule has 32 heavy (non-hydrogen) atoms. The molecule has 2 heterocycles. The van der Waals surface area contributed by atoms with Gasteiger partial charge in [-0.1, -0.05) is 42.1 Å². The lowest BCUT2D eigenvalue weighted by Crippen LogP contribution is -2.30. The molecule has 2 aromatic heterocycles. The third-order valence-corrected chi connectivity index (χ3v) is 5.73. The summed E-state index contributed by atoms with van der Waals surface area (Å²) in [5, 5.41) is 12.1. The first kappa shape index (κ1) is 21.6. The van der Waals surface area contributed by atoms with E-state index in [4.69, 9.17) is 5.73 Å². The van der Waals surface area contributed by atoms with Gasteiger partial charge in [-0.15, -0.1) is 10.2 Å². The number of primary amides is 1. The zero-order valence-electron chi connectivity index (χ0n) is 17.6. The van der Waals surface area contributed by atoms with Crippen LogP contribution in [-0.4, -0.2) is 42.8 Å². The van der Waals surface area contributed by atoms with Crippen LogP contribution >= 0.6 is 11.8 Å². The highest BCUT2D eigenvalue weighted by atomic mass is 32.2. The Morgan fingerprint density at radius 1 is 1.12 bits per heavy atom. The maximum atomic E-state index is 13.4. The van der Waals surface area contributed by atoms with E-state index in [9.17, 15) is 14.4 Å². The number of carbonyl (C=O) groups is 2. The summed E-state index contributed by atoms with van der Waals surface area (Å²) in [6.45, 7) is 4.04. The molecular weight excluding hydrogens is 428 g/mol. The Kier molecular flexibility index (Phi) is 5.95. The number of thioether (sulfide) groups is 1. The summed E-state index contributed by atoms with van der Waals surface area (Å²) in [5.41, 5.74) is 6.89. The van der Waals surface area contributed by atoms with Crippen molar-refractivity contribution in [1.82, 2.24) is 24.5 Å². The van der Waals surface area contributed by atoms with Gasteiger partial charge in [-0.25, -0.2) is 0 Å². The van der Waals surface area contributed by atoms with Crippen LogP contribution in [0.2, 0.25) is 0 Å². The number of hydrogen-bond donors (Lipinski definition) is 2. The number of nitrogens with two attached hydrogens (primary N) is 1. The Balaban J connectivity index is 1.95. The van der Waals surface area contributed by atoms with Crippen molar-refractivity contribution in [1.29, 1.82) is 0 Å². The number of hydrogen-bond acceptors (Lipinski definition) is 6. The lowest BCUT2D eigenvalue weighted by molar-refractivity contribution is -0.115. The van der Waals surface area contributed by atoms with Gasteiger partial charge in [-0.2, -0.15) is 0 Å². The largest absolute Gasteiger partial charge is 0.369 e. The molecule has 2 aromatic carbocycles. The zero-order valence-corrected chi connectivity index (χ0v) is 18.4. The van der Waals surface area contributed by atoms with Crippen molar-refractivity contribution >= 4 is 40.3 Å². The van der Waals surface area contributed by atoms with Crippen molar-refractivity contribution < 1.29 is 9.59 Å². The summed E-state index contributed by atoms with van der Waals surface area (Å²) in [6.07, 6.45) is 0. The Hall–Kier alpha value is -3.66. The van der Waals surface area contributed by atoms with E-state index >= 15 is 0 Å². The molecule has 0 saturated carbocycles. The highest BCUT2D eigenvalue weighted by Crippen LogP contribution is 2.23. The van der Waals surface area contributed by atoms with Crippen molar-refractivity contribution in [2.75, 3.05) is 5.75 Å². The quantitative estimate of drug-likeness (QED) is 0.414. The first-order chi connectivity index (χ1) is 15.3. The molecular formula is C22H22N6O3S. The van der Waals surface area contributed by atoms with Gasteiger partial charge in [0.2, 0.25) is 11.7 Å². The smallest absolute Gasteiger partial charge is 0.263 e. The molecule has 0 unspecified atom stereocenters. The summed E-state index contributed by atoms with van der Waals surface area (Å²) in [5.74, 6) is -0.415. The summed E-state index contributed by atoms with van der Waals surface area (Å²) in [7, 11) is 0. The predicted molar refractivity (Wildman–Crippen MR) is 123 cm³/mol. The number of nitrogens with one attached hydrogen (secondary N) is 1. The second-order valence-electron chi connectivity index (χ2n) is 7.61. The van der Waals surface area contributed by atoms with E-state index in [1.165, 1.54) is 4.57 Å². The minimum Gasteiger partial charge on any atom is -0.369 e. The fourth-order valence-electron chi connectivity index (χ4n) is 3.41. The molecule has 2 amide bonds. The monoisotopic (exact) mass is 450 g/mol. The molecule has 0 aliphatic carbocycles. The Morgan fingerprint density at radius 2 is 1.88 bits per heavy atom. The summed E-state index contributed by atoms with van der Waals surface area (Å²) in [6, 6.07) is 14.4. The van der Waals surface area contributed by atoms with Gasteiger partial charge in [0.15, 0.2) is 5.16 Å². The SMILES string of the molecule is CC(C)NC(=O)c1ccc2c(=O)n(Cc3ccccc3)c3nnc(SCC(N)=O)n3c2c1. The topological polar surface area (TPSA) is 124 Å². The highest BCUT2D eigenvalue weighted by molar-refractivity contribution is 7.99. The molecule has 9 nitrogen and oxygen atoms in total. The number of aromatic nitrogens is 4. The molecule has 0 fully saturated rings. The molecule has 4 rings (SSSR count). The summed E-state index contributed by atoms with van der Waals surface area (Å²) < 4.78 is 3.23. The van der Waals surface area contributed by atoms with Crippen molar-refractivity contribution in [3.05, 3.63) is 70.0 Å². The van der Waals surface area contributed by atoms with E-state index in [1.807, 2.05) is 44.2 Å². The van der Waals surface area contributed by atoms with E-state index < -0.39 is 5.91 Å². The van der Waals surface area contributed by atoms with E-state index in [2.05, 4.69) is 15.5 Å². The third kappa shape index (κ3) is 4.22. The van der Waals surface area contributed by atoms with Crippen LogP contribution in [0.3, 0.4) is 0 Å². The maximum absolute atomic E-state index is 13.4. The van der Waals surface area contributed by atoms with Gasteiger partial charge >= 0.3 is 0 Å². The lowest BCUT2D eigenvalue weighted by Gasteiger charge is -2.13. The van der Waals surface area contributed by atoms with Crippen LogP contribution in [0, 0.1) is 0 Å². The molecule has 0 atom stereocenters. The fraction of sp³-hybridized carbons (Fsp3) is 0.227. The van der Waals surface area contributed by atoms with E-state index in [1.54, 1.807) is 22.6 Å². The predicted octanol–water partition coefficient (Wildman–Crippen LogP) is 1.81. The third-order valence-electron chi connectivity index (χ3n) is 4.78. The van der Waals surface area contributed by atoms with Crippen LogP contribution in [0.1, 0.15) is 29.8 Å². The van der Waals surface area contributed by atoms with Crippen LogP contribution in [0.4, 0.5) is 0 Å². The van der Waals surface area contributed by atoms with E-state index in [0.29, 0.717) is 33.9 Å². The molecule has 0 saturated heterocycles. The standard InChI is InChI=1S/C22H22N6O3S/c1-13(2)24-19(30)15-8-9-16-17(10-15)28-21(25-26-22(28)32-12-18(23)29)27(20(16)31)11-14-6-4-3-5-7-14/h3-10,13H,11-12H2,1-2H3,(H2,23,29)(H,24,30). The summed E-state index contributed by atoms with van der Waals surface area (Å²) >= 11 is 1.12. The minimum atomic E-state index is -0.495. The van der Waals surface area contributed by atoms with E-state index in [-0.39, 0.29) is 23.3 Å². The van der Waals surface area contributed by atoms with Gasteiger partial charge in [-0.3, -0.25) is 23.4 Å². The van der Waals surface area contributed by atoms with Crippen molar-refractivity contribution in [2.45, 2.75) is 31.6 Å². The second-order valence-corrected chi connectivity index (χ2v) is 8.55. The number of benzene rings is 2. The highest BCUT2D eigenvalue weighted by Gasteiger charge is 2.19. The zero-order chi connectivity index (χ0) is 22.8. The van der Waals surface area contributed by atoms with Gasteiger partial charge in [0, 0.05) is 11.6 Å². The molecule has 164 valence electrons. The van der Waals surface area contributed by atoms with Crippen LogP contribution < -0.4 is 16.6 Å². The molecule has 0 bridgehead atoms. The number of fused-ring (bicyclic) bond motifs is 3. The first-order valence-electron chi connectivity index (χ1n) is 10.0. The molecule has 10 heteroatoms. The van der Waals surface area contributed by atoms with Crippen LogP contribution in [0.15, 0.2) is 58.5 Å². The average molecular weight is 451 g/mol. The normalized spacial score (nSPS) is 11.3. The maximum Gasteiger partial charge on any atom is 0.263 e. The Labute approximate surface area is 187 Å². The number of amides is 2.